The smallest absolute Gasteiger partial charge is 0.243 e. The highest BCUT2D eigenvalue weighted by atomic mass is 35.5. The summed E-state index contributed by atoms with van der Waals surface area (Å²) in [5, 5.41) is 3.60. The lowest BCUT2D eigenvalue weighted by Gasteiger charge is -2.34. The SMILES string of the molecule is CC(C)(C)NC(=O)C(Cc1ccccc1)N(Cc1c(Cl)cccc1Cl)C(=O)CCCN(c1ccc(F)c(F)c1)S(C)(=O)=O. The first-order chi connectivity index (χ1) is 20.1. The van der Waals surface area contributed by atoms with E-state index < -0.39 is 39.1 Å². The Labute approximate surface area is 261 Å². The monoisotopic (exact) mass is 653 g/mol. The number of sulfonamides is 1. The van der Waals surface area contributed by atoms with Crippen LogP contribution in [0.1, 0.15) is 44.7 Å². The van der Waals surface area contributed by atoms with Gasteiger partial charge in [0.25, 0.3) is 0 Å². The number of nitrogens with zero attached hydrogens (tertiary/aromatic N) is 2. The van der Waals surface area contributed by atoms with Crippen LogP contribution >= 0.6 is 23.2 Å². The first-order valence-electron chi connectivity index (χ1n) is 13.6. The van der Waals surface area contributed by atoms with Crippen molar-refractivity contribution in [3.05, 3.63) is 99.5 Å². The minimum Gasteiger partial charge on any atom is -0.350 e. The molecular formula is C31H35Cl2F2N3O4S. The maximum Gasteiger partial charge on any atom is 0.243 e. The zero-order valence-corrected chi connectivity index (χ0v) is 26.7. The number of rotatable bonds is 12. The predicted molar refractivity (Wildman–Crippen MR) is 167 cm³/mol. The lowest BCUT2D eigenvalue weighted by Crippen LogP contribution is -2.54. The summed E-state index contributed by atoms with van der Waals surface area (Å²) in [6.45, 7) is 5.23. The third kappa shape index (κ3) is 9.91. The number of anilines is 1. The Bertz CT molecular complexity index is 1530. The molecule has 1 unspecified atom stereocenters. The number of carbonyl (C=O) groups is 2. The van der Waals surface area contributed by atoms with E-state index in [4.69, 9.17) is 23.2 Å². The van der Waals surface area contributed by atoms with Crippen molar-refractivity contribution >= 4 is 50.7 Å². The van der Waals surface area contributed by atoms with E-state index in [0.29, 0.717) is 15.6 Å². The van der Waals surface area contributed by atoms with Crippen molar-refractivity contribution in [1.82, 2.24) is 10.2 Å². The molecule has 7 nitrogen and oxygen atoms in total. The lowest BCUT2D eigenvalue weighted by molar-refractivity contribution is -0.142. The number of hydrogen-bond acceptors (Lipinski definition) is 4. The van der Waals surface area contributed by atoms with E-state index in [1.165, 1.54) is 4.90 Å². The lowest BCUT2D eigenvalue weighted by atomic mass is 10.00. The first-order valence-corrected chi connectivity index (χ1v) is 16.2. The summed E-state index contributed by atoms with van der Waals surface area (Å²) in [7, 11) is -3.90. The van der Waals surface area contributed by atoms with Crippen LogP contribution in [0.25, 0.3) is 0 Å². The van der Waals surface area contributed by atoms with Crippen molar-refractivity contribution in [3.8, 4) is 0 Å². The molecule has 2 amide bonds. The van der Waals surface area contributed by atoms with Gasteiger partial charge in [0.2, 0.25) is 21.8 Å². The quantitative estimate of drug-likeness (QED) is 0.246. The highest BCUT2D eigenvalue weighted by Gasteiger charge is 2.33. The zero-order valence-electron chi connectivity index (χ0n) is 24.4. The van der Waals surface area contributed by atoms with Crippen molar-refractivity contribution in [2.24, 2.45) is 0 Å². The summed E-state index contributed by atoms with van der Waals surface area (Å²) >= 11 is 12.9. The van der Waals surface area contributed by atoms with Gasteiger partial charge in [-0.05, 0) is 57.0 Å². The summed E-state index contributed by atoms with van der Waals surface area (Å²) in [5.41, 5.74) is 0.616. The molecule has 232 valence electrons. The van der Waals surface area contributed by atoms with Crippen LogP contribution in [-0.2, 0) is 32.6 Å². The van der Waals surface area contributed by atoms with E-state index >= 15 is 0 Å². The summed E-state index contributed by atoms with van der Waals surface area (Å²) < 4.78 is 53.3. The van der Waals surface area contributed by atoms with Crippen LogP contribution in [0, 0.1) is 11.6 Å². The molecule has 12 heteroatoms. The van der Waals surface area contributed by atoms with E-state index in [-0.39, 0.29) is 43.9 Å². The zero-order chi connectivity index (χ0) is 31.9. The van der Waals surface area contributed by atoms with Crippen LogP contribution in [0.2, 0.25) is 10.0 Å². The second-order valence-corrected chi connectivity index (χ2v) is 13.9. The molecular weight excluding hydrogens is 619 g/mol. The second-order valence-electron chi connectivity index (χ2n) is 11.2. The molecule has 0 spiro atoms. The first kappa shape index (κ1) is 34.3. The summed E-state index contributed by atoms with van der Waals surface area (Å²) in [6, 6.07) is 16.0. The molecule has 3 rings (SSSR count). The average Bonchev–Trinajstić information content (AvgIpc) is 2.90. The molecule has 0 fully saturated rings. The normalized spacial score (nSPS) is 12.5. The third-order valence-corrected chi connectivity index (χ3v) is 8.41. The molecule has 0 heterocycles. The molecule has 0 saturated carbocycles. The van der Waals surface area contributed by atoms with Gasteiger partial charge in [-0.15, -0.1) is 0 Å². The Kier molecular flexibility index (Phi) is 11.6. The molecule has 0 aliphatic rings. The number of hydrogen-bond donors (Lipinski definition) is 1. The topological polar surface area (TPSA) is 86.8 Å². The molecule has 0 aromatic heterocycles. The number of amides is 2. The van der Waals surface area contributed by atoms with Gasteiger partial charge in [-0.3, -0.25) is 13.9 Å². The van der Waals surface area contributed by atoms with Gasteiger partial charge in [0.15, 0.2) is 11.6 Å². The molecule has 0 radical (unpaired) electrons. The summed E-state index contributed by atoms with van der Waals surface area (Å²) in [4.78, 5) is 29.0. The van der Waals surface area contributed by atoms with Crippen molar-refractivity contribution in [1.29, 1.82) is 0 Å². The van der Waals surface area contributed by atoms with Crippen LogP contribution in [0.4, 0.5) is 14.5 Å². The van der Waals surface area contributed by atoms with E-state index in [0.717, 1.165) is 34.3 Å². The van der Waals surface area contributed by atoms with Gasteiger partial charge in [0, 0.05) is 53.1 Å². The van der Waals surface area contributed by atoms with Crippen molar-refractivity contribution < 1.29 is 26.8 Å². The fourth-order valence-corrected chi connectivity index (χ4v) is 5.98. The standard InChI is InChI=1S/C31H35Cl2F2N3O4S/c1-31(2,3)36-30(40)28(18-21-10-6-5-7-11-21)37(20-23-24(32)12-8-13-25(23)33)29(39)14-9-17-38(43(4,41)42)22-15-16-26(34)27(35)19-22/h5-8,10-13,15-16,19,28H,9,14,17-18,20H2,1-4H3,(H,36,40). The third-order valence-electron chi connectivity index (χ3n) is 6.50. The molecule has 3 aromatic carbocycles. The van der Waals surface area contributed by atoms with Crippen LogP contribution in [0.5, 0.6) is 0 Å². The van der Waals surface area contributed by atoms with Crippen molar-refractivity contribution in [2.45, 2.75) is 58.2 Å². The minimum atomic E-state index is -3.90. The molecule has 1 N–H and O–H groups in total. The van der Waals surface area contributed by atoms with Gasteiger partial charge in [-0.1, -0.05) is 59.6 Å². The molecule has 3 aromatic rings. The van der Waals surface area contributed by atoms with E-state index in [1.54, 1.807) is 18.2 Å². The number of carbonyl (C=O) groups excluding carboxylic acids is 2. The average molecular weight is 655 g/mol. The van der Waals surface area contributed by atoms with Crippen LogP contribution in [0.15, 0.2) is 66.7 Å². The highest BCUT2D eigenvalue weighted by molar-refractivity contribution is 7.92. The molecule has 0 bridgehead atoms. The Balaban J connectivity index is 1.95. The van der Waals surface area contributed by atoms with Gasteiger partial charge < -0.3 is 10.2 Å². The van der Waals surface area contributed by atoms with Crippen LogP contribution in [-0.4, -0.2) is 49.5 Å². The maximum absolute atomic E-state index is 13.9. The number of halogens is 4. The molecule has 1 atom stereocenters. The van der Waals surface area contributed by atoms with Gasteiger partial charge in [0.1, 0.15) is 6.04 Å². The Morgan fingerprint density at radius 1 is 0.930 bits per heavy atom. The fourth-order valence-electron chi connectivity index (χ4n) is 4.50. The second kappa shape index (κ2) is 14.5. The predicted octanol–water partition coefficient (Wildman–Crippen LogP) is 6.37. The number of benzene rings is 3. The molecule has 43 heavy (non-hydrogen) atoms. The Morgan fingerprint density at radius 2 is 1.56 bits per heavy atom. The van der Waals surface area contributed by atoms with E-state index in [1.807, 2.05) is 51.1 Å². The van der Waals surface area contributed by atoms with Gasteiger partial charge in [0.05, 0.1) is 11.9 Å². The minimum absolute atomic E-state index is 0.0244. The largest absolute Gasteiger partial charge is 0.350 e. The highest BCUT2D eigenvalue weighted by Crippen LogP contribution is 2.28. The molecule has 0 aliphatic heterocycles. The van der Waals surface area contributed by atoms with E-state index in [9.17, 15) is 26.8 Å². The molecule has 0 aliphatic carbocycles. The maximum atomic E-state index is 13.9. The number of nitrogens with one attached hydrogen (secondary N) is 1. The van der Waals surface area contributed by atoms with Gasteiger partial charge in [-0.25, -0.2) is 17.2 Å². The van der Waals surface area contributed by atoms with Crippen molar-refractivity contribution in [3.63, 3.8) is 0 Å². The van der Waals surface area contributed by atoms with E-state index in [2.05, 4.69) is 5.32 Å². The Hall–Kier alpha value is -3.21. The van der Waals surface area contributed by atoms with Crippen LogP contribution < -0.4 is 9.62 Å². The molecule has 0 saturated heterocycles. The van der Waals surface area contributed by atoms with Gasteiger partial charge >= 0.3 is 0 Å². The summed E-state index contributed by atoms with van der Waals surface area (Å²) in [5.74, 6) is -3.13. The van der Waals surface area contributed by atoms with Crippen LogP contribution in [0.3, 0.4) is 0 Å². The Morgan fingerprint density at radius 3 is 2.12 bits per heavy atom. The summed E-state index contributed by atoms with van der Waals surface area (Å²) in [6.07, 6.45) is 0.998. The van der Waals surface area contributed by atoms with Crippen molar-refractivity contribution in [2.75, 3.05) is 17.1 Å². The fraction of sp³-hybridized carbons (Fsp3) is 0.355. The van der Waals surface area contributed by atoms with Gasteiger partial charge in [-0.2, -0.15) is 0 Å².